The fourth-order valence-electron chi connectivity index (χ4n) is 2.67. The lowest BCUT2D eigenvalue weighted by atomic mass is 10.1. The molecule has 2 aromatic heterocycles. The van der Waals surface area contributed by atoms with Crippen molar-refractivity contribution in [2.75, 3.05) is 10.0 Å². The van der Waals surface area contributed by atoms with Crippen LogP contribution in [0, 0.1) is 13.8 Å². The summed E-state index contributed by atoms with van der Waals surface area (Å²) < 4.78 is 27.4. The molecule has 0 unspecified atom stereocenters. The highest BCUT2D eigenvalue weighted by Gasteiger charge is 2.22. The van der Waals surface area contributed by atoms with Crippen LogP contribution in [0.25, 0.3) is 0 Å². The fourth-order valence-corrected chi connectivity index (χ4v) is 4.04. The molecule has 0 bridgehead atoms. The van der Waals surface area contributed by atoms with Crippen molar-refractivity contribution < 1.29 is 8.42 Å². The average Bonchev–Trinajstić information content (AvgIpc) is 2.96. The van der Waals surface area contributed by atoms with E-state index in [4.69, 9.17) is 0 Å². The van der Waals surface area contributed by atoms with Gasteiger partial charge in [0.2, 0.25) is 0 Å². The molecule has 1 aromatic carbocycles. The minimum atomic E-state index is -3.78. The quantitative estimate of drug-likeness (QED) is 0.613. The maximum atomic E-state index is 12.5. The number of sulfonamides is 1. The second kappa shape index (κ2) is 7.12. The summed E-state index contributed by atoms with van der Waals surface area (Å²) in [4.78, 5) is 0.123. The van der Waals surface area contributed by atoms with Gasteiger partial charge in [-0.2, -0.15) is 5.10 Å². The van der Waals surface area contributed by atoms with E-state index >= 15 is 0 Å². The van der Waals surface area contributed by atoms with E-state index in [0.29, 0.717) is 17.2 Å². The van der Waals surface area contributed by atoms with E-state index in [1.807, 2.05) is 24.3 Å². The van der Waals surface area contributed by atoms with Gasteiger partial charge in [0, 0.05) is 5.69 Å². The molecule has 0 fully saturated rings. The third-order valence-corrected chi connectivity index (χ3v) is 5.51. The third kappa shape index (κ3) is 3.67. The van der Waals surface area contributed by atoms with Gasteiger partial charge in [0.15, 0.2) is 11.6 Å². The minimum absolute atomic E-state index is 0.123. The van der Waals surface area contributed by atoms with Crippen LogP contribution in [0.5, 0.6) is 0 Å². The van der Waals surface area contributed by atoms with Gasteiger partial charge in [-0.05, 0) is 44.0 Å². The molecule has 0 aliphatic rings. The molecule has 0 amide bonds. The number of H-pyrrole nitrogens is 1. The first kappa shape index (κ1) is 17.9. The van der Waals surface area contributed by atoms with E-state index in [2.05, 4.69) is 37.4 Å². The lowest BCUT2D eigenvalue weighted by molar-refractivity contribution is 0.600. The molecular weight excluding hydrogens is 352 g/mol. The SMILES string of the molecule is CCc1ccccc1Nc1ccc(NS(=O)(=O)c2c(C)n[nH]c2C)nn1. The van der Waals surface area contributed by atoms with Crippen LogP contribution in [-0.2, 0) is 16.4 Å². The zero-order valence-corrected chi connectivity index (χ0v) is 15.6. The molecule has 0 saturated carbocycles. The highest BCUT2D eigenvalue weighted by atomic mass is 32.2. The van der Waals surface area contributed by atoms with E-state index < -0.39 is 10.0 Å². The number of aromatic amines is 1. The summed E-state index contributed by atoms with van der Waals surface area (Å²) in [6.07, 6.45) is 0.887. The maximum absolute atomic E-state index is 12.5. The summed E-state index contributed by atoms with van der Waals surface area (Å²) in [5, 5.41) is 17.8. The van der Waals surface area contributed by atoms with Crippen molar-refractivity contribution in [3.05, 3.63) is 53.3 Å². The van der Waals surface area contributed by atoms with Crippen LogP contribution in [0.3, 0.4) is 0 Å². The molecule has 2 heterocycles. The molecule has 0 radical (unpaired) electrons. The van der Waals surface area contributed by atoms with E-state index in [1.54, 1.807) is 26.0 Å². The lowest BCUT2D eigenvalue weighted by Gasteiger charge is -2.10. The summed E-state index contributed by atoms with van der Waals surface area (Å²) in [6.45, 7) is 5.35. The van der Waals surface area contributed by atoms with Crippen LogP contribution in [0.4, 0.5) is 17.3 Å². The highest BCUT2D eigenvalue weighted by Crippen LogP contribution is 2.22. The molecule has 9 heteroatoms. The van der Waals surface area contributed by atoms with Crippen molar-refractivity contribution in [3.63, 3.8) is 0 Å². The van der Waals surface area contributed by atoms with Gasteiger partial charge in [0.1, 0.15) is 4.90 Å². The van der Waals surface area contributed by atoms with Gasteiger partial charge < -0.3 is 5.32 Å². The zero-order chi connectivity index (χ0) is 18.7. The first-order chi connectivity index (χ1) is 12.4. The number of rotatable bonds is 6. The Morgan fingerprint density at radius 2 is 1.73 bits per heavy atom. The number of hydrogen-bond acceptors (Lipinski definition) is 6. The summed E-state index contributed by atoms with van der Waals surface area (Å²) in [5.41, 5.74) is 2.97. The monoisotopic (exact) mass is 372 g/mol. The second-order valence-corrected chi connectivity index (χ2v) is 7.43. The van der Waals surface area contributed by atoms with Crippen molar-refractivity contribution in [1.29, 1.82) is 0 Å². The highest BCUT2D eigenvalue weighted by molar-refractivity contribution is 7.92. The summed E-state index contributed by atoms with van der Waals surface area (Å²) >= 11 is 0. The molecule has 0 aliphatic carbocycles. The van der Waals surface area contributed by atoms with Gasteiger partial charge in [0.25, 0.3) is 10.0 Å². The Balaban J connectivity index is 1.78. The smallest absolute Gasteiger partial charge is 0.266 e. The number of benzene rings is 1. The minimum Gasteiger partial charge on any atom is -0.339 e. The number of anilines is 3. The molecule has 0 spiro atoms. The van der Waals surface area contributed by atoms with Gasteiger partial charge in [-0.25, -0.2) is 8.42 Å². The summed E-state index contributed by atoms with van der Waals surface area (Å²) in [5.74, 6) is 0.670. The number of nitrogens with one attached hydrogen (secondary N) is 3. The Bertz CT molecular complexity index is 992. The van der Waals surface area contributed by atoms with Crippen LogP contribution in [0.2, 0.25) is 0 Å². The largest absolute Gasteiger partial charge is 0.339 e. The molecule has 3 N–H and O–H groups in total. The van der Waals surface area contributed by atoms with Gasteiger partial charge in [-0.1, -0.05) is 25.1 Å². The summed E-state index contributed by atoms with van der Waals surface area (Å²) in [6, 6.07) is 11.1. The van der Waals surface area contributed by atoms with Gasteiger partial charge in [0.05, 0.1) is 11.4 Å². The third-order valence-electron chi connectivity index (χ3n) is 3.89. The van der Waals surface area contributed by atoms with Gasteiger partial charge in [-0.15, -0.1) is 10.2 Å². The van der Waals surface area contributed by atoms with E-state index in [0.717, 1.165) is 17.7 Å². The molecule has 3 rings (SSSR count). The molecule has 26 heavy (non-hydrogen) atoms. The standard InChI is InChI=1S/C17H20N6O2S/c1-4-13-7-5-6-8-14(13)18-15-9-10-16(22-21-15)23-26(24,25)17-11(2)19-20-12(17)3/h5-10H,4H2,1-3H3,(H,18,21)(H,19,20)(H,22,23). The lowest BCUT2D eigenvalue weighted by Crippen LogP contribution is -2.16. The Morgan fingerprint density at radius 3 is 2.35 bits per heavy atom. The van der Waals surface area contributed by atoms with Crippen molar-refractivity contribution in [3.8, 4) is 0 Å². The Hall–Kier alpha value is -2.94. The fraction of sp³-hybridized carbons (Fsp3) is 0.235. The summed E-state index contributed by atoms with van der Waals surface area (Å²) in [7, 11) is -3.78. The number of aryl methyl sites for hydroxylation is 3. The number of nitrogens with zero attached hydrogens (tertiary/aromatic N) is 3. The van der Waals surface area contributed by atoms with Gasteiger partial charge >= 0.3 is 0 Å². The Labute approximate surface area is 152 Å². The first-order valence-corrected chi connectivity index (χ1v) is 9.62. The molecule has 0 atom stereocenters. The molecule has 3 aromatic rings. The van der Waals surface area contributed by atoms with Crippen LogP contribution in [0.15, 0.2) is 41.3 Å². The van der Waals surface area contributed by atoms with Crippen LogP contribution in [0.1, 0.15) is 23.9 Å². The van der Waals surface area contributed by atoms with Crippen molar-refractivity contribution in [2.45, 2.75) is 32.1 Å². The zero-order valence-electron chi connectivity index (χ0n) is 14.7. The number of para-hydroxylation sites is 1. The van der Waals surface area contributed by atoms with Crippen molar-refractivity contribution in [2.24, 2.45) is 0 Å². The number of hydrogen-bond donors (Lipinski definition) is 3. The maximum Gasteiger partial charge on any atom is 0.266 e. The molecule has 0 aliphatic heterocycles. The van der Waals surface area contributed by atoms with Gasteiger partial charge in [-0.3, -0.25) is 9.82 Å². The average molecular weight is 372 g/mol. The topological polar surface area (TPSA) is 113 Å². The second-order valence-electron chi connectivity index (χ2n) is 5.81. The normalized spacial score (nSPS) is 11.3. The number of aromatic nitrogens is 4. The predicted octanol–water partition coefficient (Wildman–Crippen LogP) is 2.92. The van der Waals surface area contributed by atoms with E-state index in [1.165, 1.54) is 0 Å². The van der Waals surface area contributed by atoms with E-state index in [-0.39, 0.29) is 10.7 Å². The van der Waals surface area contributed by atoms with Crippen LogP contribution < -0.4 is 10.0 Å². The first-order valence-electron chi connectivity index (χ1n) is 8.13. The predicted molar refractivity (Wildman–Crippen MR) is 100 cm³/mol. The Morgan fingerprint density at radius 1 is 1.04 bits per heavy atom. The van der Waals surface area contributed by atoms with Crippen molar-refractivity contribution in [1.82, 2.24) is 20.4 Å². The molecule has 136 valence electrons. The molecule has 8 nitrogen and oxygen atoms in total. The van der Waals surface area contributed by atoms with Crippen molar-refractivity contribution >= 4 is 27.3 Å². The van der Waals surface area contributed by atoms with Crippen LogP contribution in [-0.4, -0.2) is 28.8 Å². The molecular formula is C17H20N6O2S. The Kier molecular flexibility index (Phi) is 4.90. The van der Waals surface area contributed by atoms with E-state index in [9.17, 15) is 8.42 Å². The van der Waals surface area contributed by atoms with Crippen LogP contribution >= 0.6 is 0 Å². The molecule has 0 saturated heterocycles.